The Hall–Kier alpha value is -2.79. The zero-order valence-electron chi connectivity index (χ0n) is 16.2. The smallest absolute Gasteiger partial charge is 0.278 e. The van der Waals surface area contributed by atoms with Crippen LogP contribution in [0.15, 0.2) is 54.2 Å². The number of amides is 2. The van der Waals surface area contributed by atoms with E-state index in [0.29, 0.717) is 40.7 Å². The maximum absolute atomic E-state index is 13.1. The van der Waals surface area contributed by atoms with E-state index in [0.717, 1.165) is 0 Å². The second kappa shape index (κ2) is 8.48. The van der Waals surface area contributed by atoms with Crippen molar-refractivity contribution < 1.29 is 14.3 Å². The van der Waals surface area contributed by atoms with E-state index in [2.05, 4.69) is 5.32 Å². The Morgan fingerprint density at radius 3 is 2.36 bits per heavy atom. The average molecular weight is 399 g/mol. The van der Waals surface area contributed by atoms with Crippen LogP contribution in [0.25, 0.3) is 5.57 Å². The number of ether oxygens (including phenoxy) is 1. The highest BCUT2D eigenvalue weighted by Crippen LogP contribution is 2.34. The number of anilines is 1. The van der Waals surface area contributed by atoms with Crippen LogP contribution < -0.4 is 10.1 Å². The van der Waals surface area contributed by atoms with Crippen molar-refractivity contribution in [3.63, 3.8) is 0 Å². The third-order valence-corrected chi connectivity index (χ3v) is 4.55. The number of para-hydroxylation sites is 2. The van der Waals surface area contributed by atoms with Crippen LogP contribution in [0.5, 0.6) is 5.75 Å². The summed E-state index contributed by atoms with van der Waals surface area (Å²) in [5, 5.41) is 3.72. The minimum Gasteiger partial charge on any atom is -0.492 e. The summed E-state index contributed by atoms with van der Waals surface area (Å²) in [5.41, 5.74) is 1.87. The molecule has 1 aliphatic heterocycles. The SMILES string of the molecule is CCOc1ccccc1NC1=C(c2ccc(Cl)cc2)C(=O)N(CC(C)C)C1=O. The molecule has 146 valence electrons. The van der Waals surface area contributed by atoms with E-state index >= 15 is 0 Å². The molecule has 2 aromatic carbocycles. The van der Waals surface area contributed by atoms with Gasteiger partial charge < -0.3 is 10.1 Å². The van der Waals surface area contributed by atoms with Crippen LogP contribution in [0.1, 0.15) is 26.3 Å². The number of carbonyl (C=O) groups is 2. The fraction of sp³-hybridized carbons (Fsp3) is 0.273. The third kappa shape index (κ3) is 4.04. The van der Waals surface area contributed by atoms with E-state index < -0.39 is 0 Å². The summed E-state index contributed by atoms with van der Waals surface area (Å²) in [6, 6.07) is 14.3. The molecule has 0 aliphatic carbocycles. The summed E-state index contributed by atoms with van der Waals surface area (Å²) in [5.74, 6) is 0.136. The zero-order chi connectivity index (χ0) is 20.3. The van der Waals surface area contributed by atoms with Gasteiger partial charge in [0.05, 0.1) is 17.9 Å². The van der Waals surface area contributed by atoms with E-state index in [1.807, 2.05) is 45.0 Å². The van der Waals surface area contributed by atoms with Gasteiger partial charge in [-0.15, -0.1) is 0 Å². The summed E-state index contributed by atoms with van der Waals surface area (Å²) < 4.78 is 5.65. The largest absolute Gasteiger partial charge is 0.492 e. The number of carbonyl (C=O) groups excluding carboxylic acids is 2. The molecular formula is C22H23ClN2O3. The molecule has 0 radical (unpaired) electrons. The lowest BCUT2D eigenvalue weighted by molar-refractivity contribution is -0.137. The molecule has 0 bridgehead atoms. The highest BCUT2D eigenvalue weighted by molar-refractivity contribution is 6.37. The van der Waals surface area contributed by atoms with Crippen LogP contribution in [-0.2, 0) is 9.59 Å². The van der Waals surface area contributed by atoms with Crippen molar-refractivity contribution in [3.8, 4) is 5.75 Å². The molecule has 5 nitrogen and oxygen atoms in total. The Morgan fingerprint density at radius 2 is 1.71 bits per heavy atom. The standard InChI is InChI=1S/C22H23ClN2O3/c1-4-28-18-8-6-5-7-17(18)24-20-19(15-9-11-16(23)12-10-15)21(26)25(22(20)27)13-14(2)3/h5-12,14,24H,4,13H2,1-3H3. The number of nitrogens with one attached hydrogen (secondary N) is 1. The number of benzene rings is 2. The normalized spacial score (nSPS) is 14.2. The molecule has 2 amide bonds. The maximum Gasteiger partial charge on any atom is 0.278 e. The maximum atomic E-state index is 13.1. The minimum absolute atomic E-state index is 0.162. The van der Waals surface area contributed by atoms with Crippen LogP contribution in [0.4, 0.5) is 5.69 Å². The monoisotopic (exact) mass is 398 g/mol. The first-order valence-electron chi connectivity index (χ1n) is 9.27. The summed E-state index contributed by atoms with van der Waals surface area (Å²) in [6.45, 7) is 6.68. The number of hydrogen-bond donors (Lipinski definition) is 1. The zero-order valence-corrected chi connectivity index (χ0v) is 16.9. The van der Waals surface area contributed by atoms with E-state index in [-0.39, 0.29) is 23.4 Å². The highest BCUT2D eigenvalue weighted by Gasteiger charge is 2.39. The van der Waals surface area contributed by atoms with Crippen LogP contribution in [0, 0.1) is 5.92 Å². The molecule has 0 saturated heterocycles. The molecule has 1 N–H and O–H groups in total. The van der Waals surface area contributed by atoms with Gasteiger partial charge in [-0.05, 0) is 42.7 Å². The second-order valence-electron chi connectivity index (χ2n) is 6.93. The molecule has 0 fully saturated rings. The predicted octanol–water partition coefficient (Wildman–Crippen LogP) is 4.59. The summed E-state index contributed by atoms with van der Waals surface area (Å²) >= 11 is 5.99. The Labute approximate surface area is 169 Å². The molecule has 0 aromatic heterocycles. The molecule has 1 aliphatic rings. The highest BCUT2D eigenvalue weighted by atomic mass is 35.5. The lowest BCUT2D eigenvalue weighted by Gasteiger charge is -2.18. The molecule has 2 aromatic rings. The van der Waals surface area contributed by atoms with Gasteiger partial charge in [0.2, 0.25) is 0 Å². The van der Waals surface area contributed by atoms with Crippen molar-refractivity contribution in [2.45, 2.75) is 20.8 Å². The van der Waals surface area contributed by atoms with Crippen molar-refractivity contribution in [1.82, 2.24) is 4.90 Å². The summed E-state index contributed by atoms with van der Waals surface area (Å²) in [4.78, 5) is 27.5. The molecule has 0 atom stereocenters. The van der Waals surface area contributed by atoms with Gasteiger partial charge in [-0.1, -0.05) is 49.7 Å². The van der Waals surface area contributed by atoms with Gasteiger partial charge >= 0.3 is 0 Å². The molecular weight excluding hydrogens is 376 g/mol. The van der Waals surface area contributed by atoms with Gasteiger partial charge in [-0.25, -0.2) is 0 Å². The fourth-order valence-corrected chi connectivity index (χ4v) is 3.22. The predicted molar refractivity (Wildman–Crippen MR) is 111 cm³/mol. The number of halogens is 1. The topological polar surface area (TPSA) is 58.6 Å². The first kappa shape index (κ1) is 20.0. The Morgan fingerprint density at radius 1 is 1.04 bits per heavy atom. The molecule has 6 heteroatoms. The van der Waals surface area contributed by atoms with Gasteiger partial charge in [0.25, 0.3) is 11.8 Å². The third-order valence-electron chi connectivity index (χ3n) is 4.30. The second-order valence-corrected chi connectivity index (χ2v) is 7.36. The van der Waals surface area contributed by atoms with Crippen molar-refractivity contribution in [3.05, 3.63) is 64.8 Å². The van der Waals surface area contributed by atoms with Crippen LogP contribution >= 0.6 is 11.6 Å². The molecule has 0 spiro atoms. The van der Waals surface area contributed by atoms with Crippen molar-refractivity contribution in [2.75, 3.05) is 18.5 Å². The van der Waals surface area contributed by atoms with Crippen LogP contribution in [0.3, 0.4) is 0 Å². The van der Waals surface area contributed by atoms with Crippen molar-refractivity contribution >= 4 is 34.7 Å². The van der Waals surface area contributed by atoms with Crippen LogP contribution in [-0.4, -0.2) is 29.9 Å². The van der Waals surface area contributed by atoms with E-state index in [9.17, 15) is 9.59 Å². The Kier molecular flexibility index (Phi) is 6.05. The molecule has 0 unspecified atom stereocenters. The Balaban J connectivity index is 2.07. The minimum atomic E-state index is -0.338. The molecule has 1 heterocycles. The number of hydrogen-bond acceptors (Lipinski definition) is 4. The van der Waals surface area contributed by atoms with Crippen LogP contribution in [0.2, 0.25) is 5.02 Å². The first-order valence-corrected chi connectivity index (χ1v) is 9.65. The molecule has 3 rings (SSSR count). The van der Waals surface area contributed by atoms with Crippen molar-refractivity contribution in [1.29, 1.82) is 0 Å². The number of nitrogens with zero attached hydrogens (tertiary/aromatic N) is 1. The molecule has 0 saturated carbocycles. The lowest BCUT2D eigenvalue weighted by Crippen LogP contribution is -2.35. The summed E-state index contributed by atoms with van der Waals surface area (Å²) in [6.07, 6.45) is 0. The van der Waals surface area contributed by atoms with Gasteiger partial charge in [0, 0.05) is 11.6 Å². The van der Waals surface area contributed by atoms with Gasteiger partial charge in [-0.3, -0.25) is 14.5 Å². The van der Waals surface area contributed by atoms with E-state index in [4.69, 9.17) is 16.3 Å². The first-order chi connectivity index (χ1) is 13.4. The van der Waals surface area contributed by atoms with Gasteiger partial charge in [0.15, 0.2) is 0 Å². The van der Waals surface area contributed by atoms with Gasteiger partial charge in [-0.2, -0.15) is 0 Å². The lowest BCUT2D eigenvalue weighted by atomic mass is 10.0. The Bertz CT molecular complexity index is 920. The fourth-order valence-electron chi connectivity index (χ4n) is 3.09. The van der Waals surface area contributed by atoms with Gasteiger partial charge in [0.1, 0.15) is 11.4 Å². The quantitative estimate of drug-likeness (QED) is 0.693. The van der Waals surface area contributed by atoms with E-state index in [1.165, 1.54) is 4.90 Å². The van der Waals surface area contributed by atoms with Crippen molar-refractivity contribution in [2.24, 2.45) is 5.92 Å². The van der Waals surface area contributed by atoms with E-state index in [1.54, 1.807) is 24.3 Å². The molecule has 28 heavy (non-hydrogen) atoms. The number of imide groups is 1. The number of rotatable bonds is 7. The summed E-state index contributed by atoms with van der Waals surface area (Å²) in [7, 11) is 0. The average Bonchev–Trinajstić information content (AvgIpc) is 2.88.